The fraction of sp³-hybridized carbons (Fsp3) is 0.368. The Morgan fingerprint density at radius 3 is 2.73 bits per heavy atom. The van der Waals surface area contributed by atoms with Gasteiger partial charge in [0, 0.05) is 18.2 Å². The summed E-state index contributed by atoms with van der Waals surface area (Å²) >= 11 is 0. The average molecular weight is 380 g/mol. The predicted octanol–water partition coefficient (Wildman–Crippen LogP) is 2.78. The molecule has 3 rings (SSSR count). The lowest BCUT2D eigenvalue weighted by Crippen LogP contribution is -2.40. The maximum atomic E-state index is 13.0. The number of carbonyl (C=O) groups is 1. The maximum Gasteiger partial charge on any atom is 0.274 e. The van der Waals surface area contributed by atoms with E-state index < -0.39 is 0 Å². The molecule has 2 heterocycles. The van der Waals surface area contributed by atoms with Crippen LogP contribution in [0.25, 0.3) is 0 Å². The molecular weight excluding hydrogens is 357 g/mol. The van der Waals surface area contributed by atoms with E-state index in [4.69, 9.17) is 0 Å². The summed E-state index contributed by atoms with van der Waals surface area (Å²) in [5, 5.41) is 6.09. The van der Waals surface area contributed by atoms with Gasteiger partial charge in [-0.1, -0.05) is 12.1 Å². The molecule has 1 saturated heterocycles. The first-order valence-corrected chi connectivity index (χ1v) is 8.51. The largest absolute Gasteiger partial charge is 0.321 e. The van der Waals surface area contributed by atoms with Gasteiger partial charge in [0.1, 0.15) is 11.5 Å². The quantitative estimate of drug-likeness (QED) is 0.858. The first kappa shape index (κ1) is 20.1. The van der Waals surface area contributed by atoms with E-state index in [1.807, 2.05) is 0 Å². The number of benzene rings is 1. The fourth-order valence-electron chi connectivity index (χ4n) is 3.15. The van der Waals surface area contributed by atoms with Crippen molar-refractivity contribution < 1.29 is 9.18 Å². The van der Waals surface area contributed by atoms with Crippen molar-refractivity contribution in [1.82, 2.24) is 9.88 Å². The maximum absolute atomic E-state index is 13.0. The van der Waals surface area contributed by atoms with Crippen LogP contribution in [0.5, 0.6) is 0 Å². The Kier molecular flexibility index (Phi) is 6.94. The molecule has 0 unspecified atom stereocenters. The van der Waals surface area contributed by atoms with Gasteiger partial charge in [-0.25, -0.2) is 4.39 Å². The standard InChI is InChI=1S/C19H22FN3O2.ClH/c1-13-11-15(8-9-21-13)18(24)22-17-3-2-10-23(19(17)25)12-14-4-6-16(20)7-5-14;/h2-7,10,13,15,21H,8-9,11-12H2,1H3,(H,22,24);1H/t13-,15-;/m0./s1. The highest BCUT2D eigenvalue weighted by Gasteiger charge is 2.25. The summed E-state index contributed by atoms with van der Waals surface area (Å²) < 4.78 is 14.5. The molecule has 0 aliphatic carbocycles. The molecule has 2 N–H and O–H groups in total. The molecule has 26 heavy (non-hydrogen) atoms. The number of aromatic nitrogens is 1. The molecule has 0 spiro atoms. The molecule has 2 atom stereocenters. The summed E-state index contributed by atoms with van der Waals surface area (Å²) in [6.07, 6.45) is 3.20. The fourth-order valence-corrected chi connectivity index (χ4v) is 3.15. The molecular formula is C19H23ClFN3O2. The summed E-state index contributed by atoms with van der Waals surface area (Å²) in [7, 11) is 0. The van der Waals surface area contributed by atoms with Crippen LogP contribution < -0.4 is 16.2 Å². The van der Waals surface area contributed by atoms with Crippen molar-refractivity contribution in [3.05, 3.63) is 64.3 Å². The predicted molar refractivity (Wildman–Crippen MR) is 102 cm³/mol. The van der Waals surface area contributed by atoms with Gasteiger partial charge in [-0.05, 0) is 56.1 Å². The smallest absolute Gasteiger partial charge is 0.274 e. The lowest BCUT2D eigenvalue weighted by molar-refractivity contribution is -0.120. The monoisotopic (exact) mass is 379 g/mol. The molecule has 5 nitrogen and oxygen atoms in total. The number of hydrogen-bond acceptors (Lipinski definition) is 3. The highest BCUT2D eigenvalue weighted by molar-refractivity contribution is 5.92. The molecule has 0 saturated carbocycles. The number of hydrogen-bond donors (Lipinski definition) is 2. The first-order valence-electron chi connectivity index (χ1n) is 8.51. The molecule has 0 radical (unpaired) electrons. The van der Waals surface area contributed by atoms with E-state index in [1.54, 1.807) is 30.5 Å². The lowest BCUT2D eigenvalue weighted by atomic mass is 9.92. The molecule has 0 bridgehead atoms. The minimum Gasteiger partial charge on any atom is -0.321 e. The Morgan fingerprint density at radius 1 is 1.31 bits per heavy atom. The van der Waals surface area contributed by atoms with Crippen molar-refractivity contribution in [2.24, 2.45) is 5.92 Å². The second-order valence-electron chi connectivity index (χ2n) is 6.55. The summed E-state index contributed by atoms with van der Waals surface area (Å²) in [6.45, 7) is 3.19. The normalized spacial score (nSPS) is 19.5. The van der Waals surface area contributed by atoms with Gasteiger partial charge in [0.25, 0.3) is 5.56 Å². The van der Waals surface area contributed by atoms with Gasteiger partial charge in [-0.3, -0.25) is 9.59 Å². The number of anilines is 1. The number of nitrogens with one attached hydrogen (secondary N) is 2. The van der Waals surface area contributed by atoms with Crippen LogP contribution >= 0.6 is 12.4 Å². The van der Waals surface area contributed by atoms with Crippen LogP contribution in [0.1, 0.15) is 25.3 Å². The van der Waals surface area contributed by atoms with Crippen LogP contribution in [0.3, 0.4) is 0 Å². The van der Waals surface area contributed by atoms with E-state index in [0.29, 0.717) is 12.6 Å². The van der Waals surface area contributed by atoms with Crippen LogP contribution in [0, 0.1) is 11.7 Å². The third-order valence-electron chi connectivity index (χ3n) is 4.54. The highest BCUT2D eigenvalue weighted by Crippen LogP contribution is 2.17. The van der Waals surface area contributed by atoms with Gasteiger partial charge in [-0.2, -0.15) is 0 Å². The lowest BCUT2D eigenvalue weighted by Gasteiger charge is -2.27. The number of rotatable bonds is 4. The van der Waals surface area contributed by atoms with Crippen molar-refractivity contribution in [3.63, 3.8) is 0 Å². The number of carbonyl (C=O) groups excluding carboxylic acids is 1. The van der Waals surface area contributed by atoms with E-state index >= 15 is 0 Å². The van der Waals surface area contributed by atoms with Gasteiger partial charge >= 0.3 is 0 Å². The summed E-state index contributed by atoms with van der Waals surface area (Å²) in [4.78, 5) is 25.0. The van der Waals surface area contributed by atoms with Crippen LogP contribution in [0.4, 0.5) is 10.1 Å². The van der Waals surface area contributed by atoms with Crippen molar-refractivity contribution in [3.8, 4) is 0 Å². The van der Waals surface area contributed by atoms with Gasteiger partial charge in [0.05, 0.1) is 6.54 Å². The molecule has 1 aromatic carbocycles. The number of amides is 1. The third kappa shape index (κ3) is 4.93. The summed E-state index contributed by atoms with van der Waals surface area (Å²) in [5.41, 5.74) is 0.835. The SMILES string of the molecule is C[C@H]1C[C@@H](C(=O)Nc2cccn(Cc3ccc(F)cc3)c2=O)CCN1.Cl. The number of halogens is 2. The molecule has 2 aromatic rings. The van der Waals surface area contributed by atoms with Gasteiger partial charge < -0.3 is 15.2 Å². The summed E-state index contributed by atoms with van der Waals surface area (Å²) in [5.74, 6) is -0.500. The molecule has 1 aromatic heterocycles. The molecule has 1 amide bonds. The second-order valence-corrected chi connectivity index (χ2v) is 6.55. The second kappa shape index (κ2) is 8.96. The third-order valence-corrected chi connectivity index (χ3v) is 4.54. The van der Waals surface area contributed by atoms with E-state index in [9.17, 15) is 14.0 Å². The number of pyridine rings is 1. The number of piperidine rings is 1. The Labute approximate surface area is 158 Å². The van der Waals surface area contributed by atoms with E-state index in [0.717, 1.165) is 24.9 Å². The average Bonchev–Trinajstić information content (AvgIpc) is 2.60. The zero-order chi connectivity index (χ0) is 17.8. The van der Waals surface area contributed by atoms with Crippen LogP contribution in [0.2, 0.25) is 0 Å². The van der Waals surface area contributed by atoms with Crippen LogP contribution in [-0.2, 0) is 11.3 Å². The Hall–Kier alpha value is -2.18. The van der Waals surface area contributed by atoms with E-state index in [-0.39, 0.29) is 41.3 Å². The van der Waals surface area contributed by atoms with Gasteiger partial charge in [0.2, 0.25) is 5.91 Å². The molecule has 7 heteroatoms. The minimum atomic E-state index is -0.312. The Morgan fingerprint density at radius 2 is 2.04 bits per heavy atom. The van der Waals surface area contributed by atoms with Crippen LogP contribution in [-0.4, -0.2) is 23.1 Å². The summed E-state index contributed by atoms with van der Waals surface area (Å²) in [6, 6.07) is 9.66. The highest BCUT2D eigenvalue weighted by atomic mass is 35.5. The molecule has 140 valence electrons. The van der Waals surface area contributed by atoms with E-state index in [1.165, 1.54) is 16.7 Å². The Balaban J connectivity index is 0.00000243. The van der Waals surface area contributed by atoms with Gasteiger partial charge in [-0.15, -0.1) is 12.4 Å². The van der Waals surface area contributed by atoms with E-state index in [2.05, 4.69) is 17.6 Å². The van der Waals surface area contributed by atoms with Crippen molar-refractivity contribution in [2.75, 3.05) is 11.9 Å². The van der Waals surface area contributed by atoms with Crippen molar-refractivity contribution in [2.45, 2.75) is 32.4 Å². The molecule has 1 aliphatic rings. The minimum absolute atomic E-state index is 0. The van der Waals surface area contributed by atoms with Crippen molar-refractivity contribution >= 4 is 24.0 Å². The topological polar surface area (TPSA) is 63.1 Å². The zero-order valence-corrected chi connectivity index (χ0v) is 15.4. The van der Waals surface area contributed by atoms with Crippen LogP contribution in [0.15, 0.2) is 47.4 Å². The zero-order valence-electron chi connectivity index (χ0n) is 14.6. The number of nitrogens with zero attached hydrogens (tertiary/aromatic N) is 1. The first-order chi connectivity index (χ1) is 12.0. The molecule has 1 aliphatic heterocycles. The Bertz CT molecular complexity index is 807. The molecule has 1 fully saturated rings. The van der Waals surface area contributed by atoms with Crippen molar-refractivity contribution in [1.29, 1.82) is 0 Å². The van der Waals surface area contributed by atoms with Gasteiger partial charge in [0.15, 0.2) is 0 Å².